The van der Waals surface area contributed by atoms with E-state index in [0.29, 0.717) is 0 Å². The largest absolute Gasteiger partial charge is 0.508 e. The average molecular weight is 209 g/mol. The van der Waals surface area contributed by atoms with E-state index in [1.54, 1.807) is 6.92 Å². The van der Waals surface area contributed by atoms with Crippen LogP contribution in [-0.4, -0.2) is 17.7 Å². The maximum atomic E-state index is 13.4. The Kier molecular flexibility index (Phi) is 3.24. The molecule has 0 unspecified atom stereocenters. The molecular formula is C10H8FNO3. The fourth-order valence-corrected chi connectivity index (χ4v) is 1.05. The zero-order valence-electron chi connectivity index (χ0n) is 7.95. The predicted octanol–water partition coefficient (Wildman–Crippen LogP) is 1.58. The Hall–Kier alpha value is -2.09. The number of phenolic OH excluding ortho intramolecular Hbond substituents is 1. The molecule has 4 nitrogen and oxygen atoms in total. The van der Waals surface area contributed by atoms with E-state index in [4.69, 9.17) is 10.4 Å². The lowest BCUT2D eigenvalue weighted by Gasteiger charge is -2.04. The summed E-state index contributed by atoms with van der Waals surface area (Å²) in [5.41, 5.74) is -0.827. The van der Waals surface area contributed by atoms with Gasteiger partial charge in [-0.05, 0) is 13.0 Å². The van der Waals surface area contributed by atoms with E-state index in [9.17, 15) is 9.18 Å². The Balaban J connectivity index is 3.24. The van der Waals surface area contributed by atoms with Gasteiger partial charge in [-0.3, -0.25) is 0 Å². The molecular weight excluding hydrogens is 201 g/mol. The van der Waals surface area contributed by atoms with Crippen molar-refractivity contribution in [1.29, 1.82) is 5.26 Å². The Morgan fingerprint density at radius 3 is 2.87 bits per heavy atom. The molecule has 1 rings (SSSR count). The second-order valence-corrected chi connectivity index (χ2v) is 2.69. The Bertz CT molecular complexity index is 437. The van der Waals surface area contributed by atoms with Crippen molar-refractivity contribution in [2.24, 2.45) is 0 Å². The summed E-state index contributed by atoms with van der Waals surface area (Å²) in [5.74, 6) is -2.23. The first-order chi connectivity index (χ1) is 7.10. The lowest BCUT2D eigenvalue weighted by atomic mass is 10.1. The minimum Gasteiger partial charge on any atom is -0.508 e. The van der Waals surface area contributed by atoms with Crippen molar-refractivity contribution in [1.82, 2.24) is 0 Å². The lowest BCUT2D eigenvalue weighted by Crippen LogP contribution is -2.08. The van der Waals surface area contributed by atoms with Gasteiger partial charge in [-0.25, -0.2) is 9.18 Å². The third kappa shape index (κ3) is 2.23. The normalized spacial score (nSPS) is 9.40. The second kappa shape index (κ2) is 4.42. The van der Waals surface area contributed by atoms with Crippen LogP contribution < -0.4 is 0 Å². The number of halogens is 1. The van der Waals surface area contributed by atoms with Gasteiger partial charge in [0.1, 0.15) is 17.4 Å². The highest BCUT2D eigenvalue weighted by Crippen LogP contribution is 2.20. The van der Waals surface area contributed by atoms with Crippen LogP contribution in [0.15, 0.2) is 12.1 Å². The number of esters is 1. The van der Waals surface area contributed by atoms with E-state index in [1.165, 1.54) is 6.07 Å². The van der Waals surface area contributed by atoms with E-state index in [-0.39, 0.29) is 12.4 Å². The molecule has 1 aromatic carbocycles. The van der Waals surface area contributed by atoms with Crippen LogP contribution in [0.1, 0.15) is 22.8 Å². The number of nitriles is 1. The summed E-state index contributed by atoms with van der Waals surface area (Å²) in [4.78, 5) is 11.2. The number of carbonyl (C=O) groups is 1. The molecule has 0 atom stereocenters. The maximum absolute atomic E-state index is 13.4. The molecule has 1 N–H and O–H groups in total. The number of hydrogen-bond acceptors (Lipinski definition) is 4. The summed E-state index contributed by atoms with van der Waals surface area (Å²) >= 11 is 0. The molecule has 0 spiro atoms. The zero-order chi connectivity index (χ0) is 11.4. The average Bonchev–Trinajstić information content (AvgIpc) is 2.21. The molecule has 0 radical (unpaired) electrons. The van der Waals surface area contributed by atoms with Crippen molar-refractivity contribution >= 4 is 5.97 Å². The van der Waals surface area contributed by atoms with Gasteiger partial charge in [0.2, 0.25) is 0 Å². The molecule has 0 aliphatic heterocycles. The Labute approximate surface area is 85.5 Å². The van der Waals surface area contributed by atoms with Gasteiger partial charge >= 0.3 is 5.97 Å². The third-order valence-electron chi connectivity index (χ3n) is 1.67. The summed E-state index contributed by atoms with van der Waals surface area (Å²) in [7, 11) is 0. The van der Waals surface area contributed by atoms with E-state index < -0.39 is 22.9 Å². The molecule has 0 heterocycles. The van der Waals surface area contributed by atoms with Crippen molar-refractivity contribution in [3.63, 3.8) is 0 Å². The van der Waals surface area contributed by atoms with Crippen LogP contribution in [0.25, 0.3) is 0 Å². The number of nitrogens with zero attached hydrogens (tertiary/aromatic N) is 1. The van der Waals surface area contributed by atoms with E-state index in [1.807, 2.05) is 0 Å². The van der Waals surface area contributed by atoms with Gasteiger partial charge in [0.25, 0.3) is 0 Å². The summed E-state index contributed by atoms with van der Waals surface area (Å²) in [6.45, 7) is 1.67. The van der Waals surface area contributed by atoms with Gasteiger partial charge in [0.05, 0.1) is 12.2 Å². The van der Waals surface area contributed by atoms with Crippen molar-refractivity contribution in [3.8, 4) is 11.8 Å². The predicted molar refractivity (Wildman–Crippen MR) is 48.7 cm³/mol. The molecule has 5 heteroatoms. The lowest BCUT2D eigenvalue weighted by molar-refractivity contribution is 0.0520. The molecule has 1 aromatic rings. The fourth-order valence-electron chi connectivity index (χ4n) is 1.05. The standard InChI is InChI=1S/C10H8FNO3/c1-2-15-10(14)8-4-7(13)3-6(5-12)9(8)11/h3-4,13H,2H2,1H3. The van der Waals surface area contributed by atoms with E-state index in [0.717, 1.165) is 12.1 Å². The van der Waals surface area contributed by atoms with Gasteiger partial charge in [0, 0.05) is 6.07 Å². The van der Waals surface area contributed by atoms with Crippen molar-refractivity contribution < 1.29 is 19.0 Å². The van der Waals surface area contributed by atoms with Gasteiger partial charge in [-0.1, -0.05) is 0 Å². The topological polar surface area (TPSA) is 70.3 Å². The minimum atomic E-state index is -0.978. The summed E-state index contributed by atoms with van der Waals surface area (Å²) in [6.07, 6.45) is 0. The van der Waals surface area contributed by atoms with Crippen LogP contribution in [0.2, 0.25) is 0 Å². The maximum Gasteiger partial charge on any atom is 0.341 e. The minimum absolute atomic E-state index is 0.0931. The van der Waals surface area contributed by atoms with Crippen LogP contribution in [-0.2, 0) is 4.74 Å². The number of aromatic hydroxyl groups is 1. The first kappa shape index (κ1) is 11.0. The SMILES string of the molecule is CCOC(=O)c1cc(O)cc(C#N)c1F. The van der Waals surface area contributed by atoms with Crippen molar-refractivity contribution in [2.45, 2.75) is 6.92 Å². The highest BCUT2D eigenvalue weighted by Gasteiger charge is 2.17. The number of phenols is 1. The Morgan fingerprint density at radius 1 is 1.67 bits per heavy atom. The molecule has 0 aliphatic rings. The molecule has 78 valence electrons. The van der Waals surface area contributed by atoms with E-state index in [2.05, 4.69) is 4.74 Å². The quantitative estimate of drug-likeness (QED) is 0.750. The molecule has 0 aromatic heterocycles. The summed E-state index contributed by atoms with van der Waals surface area (Å²) in [5, 5.41) is 17.7. The van der Waals surface area contributed by atoms with Gasteiger partial charge in [-0.2, -0.15) is 5.26 Å². The fraction of sp³-hybridized carbons (Fsp3) is 0.200. The molecule has 0 saturated heterocycles. The van der Waals surface area contributed by atoms with Crippen molar-refractivity contribution in [2.75, 3.05) is 6.61 Å². The Morgan fingerprint density at radius 2 is 2.33 bits per heavy atom. The van der Waals surface area contributed by atoms with Crippen LogP contribution in [0.3, 0.4) is 0 Å². The van der Waals surface area contributed by atoms with Crippen LogP contribution in [0.5, 0.6) is 5.75 Å². The molecule has 0 saturated carbocycles. The van der Waals surface area contributed by atoms with Crippen LogP contribution in [0.4, 0.5) is 4.39 Å². The molecule has 15 heavy (non-hydrogen) atoms. The van der Waals surface area contributed by atoms with Crippen LogP contribution >= 0.6 is 0 Å². The third-order valence-corrected chi connectivity index (χ3v) is 1.67. The highest BCUT2D eigenvalue weighted by molar-refractivity contribution is 5.90. The number of hydrogen-bond donors (Lipinski definition) is 1. The summed E-state index contributed by atoms with van der Waals surface area (Å²) in [6, 6.07) is 3.40. The van der Waals surface area contributed by atoms with E-state index >= 15 is 0 Å². The van der Waals surface area contributed by atoms with Gasteiger partial charge < -0.3 is 9.84 Å². The number of ether oxygens (including phenoxy) is 1. The molecule has 0 amide bonds. The number of benzene rings is 1. The first-order valence-corrected chi connectivity index (χ1v) is 4.19. The van der Waals surface area contributed by atoms with Gasteiger partial charge in [-0.15, -0.1) is 0 Å². The summed E-state index contributed by atoms with van der Waals surface area (Å²) < 4.78 is 18.0. The van der Waals surface area contributed by atoms with Crippen molar-refractivity contribution in [3.05, 3.63) is 29.1 Å². The molecule has 0 bridgehead atoms. The molecule has 0 aliphatic carbocycles. The number of carbonyl (C=O) groups excluding carboxylic acids is 1. The van der Waals surface area contributed by atoms with Gasteiger partial charge in [0.15, 0.2) is 5.82 Å². The zero-order valence-corrected chi connectivity index (χ0v) is 7.95. The smallest absolute Gasteiger partial charge is 0.341 e. The second-order valence-electron chi connectivity index (χ2n) is 2.69. The first-order valence-electron chi connectivity index (χ1n) is 4.19. The number of rotatable bonds is 2. The van der Waals surface area contributed by atoms with Crippen LogP contribution in [0, 0.1) is 17.1 Å². The monoisotopic (exact) mass is 209 g/mol. The highest BCUT2D eigenvalue weighted by atomic mass is 19.1. The molecule has 0 fully saturated rings.